The summed E-state index contributed by atoms with van der Waals surface area (Å²) >= 11 is 5.77. The van der Waals surface area contributed by atoms with E-state index in [0.29, 0.717) is 11.1 Å². The van der Waals surface area contributed by atoms with Crippen LogP contribution in [0.1, 0.15) is 16.8 Å². The van der Waals surface area contributed by atoms with Gasteiger partial charge in [0.1, 0.15) is 5.69 Å². The van der Waals surface area contributed by atoms with Gasteiger partial charge in [0.25, 0.3) is 0 Å². The average molecular weight is 312 g/mol. The highest BCUT2D eigenvalue weighted by molar-refractivity contribution is 6.31. The minimum Gasteiger partial charge on any atom is -0.325 e. The summed E-state index contributed by atoms with van der Waals surface area (Å²) in [6.07, 6.45) is 2.43. The van der Waals surface area contributed by atoms with Gasteiger partial charge < -0.3 is 5.73 Å². The van der Waals surface area contributed by atoms with E-state index < -0.39 is 24.1 Å². The molecule has 2 aromatic rings. The first kappa shape index (κ1) is 15.3. The topological polar surface area (TPSA) is 51.8 Å². The number of nitrogens with zero attached hydrogens (tertiary/aromatic N) is 2. The molecule has 2 heterocycles. The highest BCUT2D eigenvalue weighted by Gasteiger charge is 2.33. The molecule has 0 saturated heterocycles. The van der Waals surface area contributed by atoms with Crippen LogP contribution in [0.2, 0.25) is 5.02 Å². The molecule has 0 bridgehead atoms. The zero-order chi connectivity index (χ0) is 15.5. The molecule has 2 aromatic heterocycles. The maximum Gasteiger partial charge on any atom is 0.303 e. The molecule has 7 heteroatoms. The lowest BCUT2D eigenvalue weighted by Crippen LogP contribution is -2.26. The third kappa shape index (κ3) is 3.72. The van der Waals surface area contributed by atoms with Crippen LogP contribution in [0.25, 0.3) is 0 Å². The smallest absolute Gasteiger partial charge is 0.303 e. The van der Waals surface area contributed by atoms with Crippen molar-refractivity contribution in [3.63, 3.8) is 0 Å². The second kappa shape index (κ2) is 6.12. The Morgan fingerprint density at radius 2 is 1.81 bits per heavy atom. The van der Waals surface area contributed by atoms with E-state index in [1.165, 1.54) is 30.6 Å². The molecule has 2 rings (SSSR count). The Labute approximate surface area is 124 Å². The van der Waals surface area contributed by atoms with Crippen LogP contribution < -0.4 is 5.73 Å². The molecule has 0 amide bonds. The standard InChI is InChI=1S/C14H9ClF3N3/c15-11-5-10(7-21-13(11)14(17,18)8-19)2-1-9-3-4-12(16)20-6-9/h3-7H,8,19H2. The Hall–Kier alpha value is -2.10. The van der Waals surface area contributed by atoms with Gasteiger partial charge in [0.15, 0.2) is 0 Å². The van der Waals surface area contributed by atoms with Gasteiger partial charge in [0, 0.05) is 23.5 Å². The summed E-state index contributed by atoms with van der Waals surface area (Å²) < 4.78 is 39.5. The predicted octanol–water partition coefficient (Wildman–Crippen LogP) is 2.72. The summed E-state index contributed by atoms with van der Waals surface area (Å²) in [6.45, 7) is -0.883. The average Bonchev–Trinajstić information content (AvgIpc) is 2.46. The fourth-order valence-corrected chi connectivity index (χ4v) is 1.77. The van der Waals surface area contributed by atoms with Crippen molar-refractivity contribution in [3.8, 4) is 11.8 Å². The van der Waals surface area contributed by atoms with Crippen molar-refractivity contribution in [3.05, 3.63) is 58.4 Å². The predicted molar refractivity (Wildman–Crippen MR) is 72.4 cm³/mol. The molecule has 0 aliphatic rings. The quantitative estimate of drug-likeness (QED) is 0.685. The van der Waals surface area contributed by atoms with Crippen molar-refractivity contribution in [2.75, 3.05) is 6.54 Å². The number of hydrogen-bond donors (Lipinski definition) is 1. The van der Waals surface area contributed by atoms with Crippen molar-refractivity contribution in [1.82, 2.24) is 9.97 Å². The molecule has 3 nitrogen and oxygen atoms in total. The molecule has 0 atom stereocenters. The van der Waals surface area contributed by atoms with Crippen LogP contribution in [0, 0.1) is 17.8 Å². The number of halogens is 4. The van der Waals surface area contributed by atoms with Gasteiger partial charge in [-0.15, -0.1) is 0 Å². The molecule has 0 aromatic carbocycles. The van der Waals surface area contributed by atoms with Crippen LogP contribution in [0.3, 0.4) is 0 Å². The first-order chi connectivity index (χ1) is 9.92. The second-order valence-corrected chi connectivity index (χ2v) is 4.49. The molecule has 0 aliphatic heterocycles. The number of pyridine rings is 2. The zero-order valence-electron chi connectivity index (χ0n) is 10.6. The van der Waals surface area contributed by atoms with Crippen LogP contribution >= 0.6 is 11.6 Å². The molecule has 0 radical (unpaired) electrons. The molecule has 0 fully saturated rings. The molecule has 0 spiro atoms. The van der Waals surface area contributed by atoms with Gasteiger partial charge in [-0.3, -0.25) is 4.98 Å². The first-order valence-corrected chi connectivity index (χ1v) is 6.17. The van der Waals surface area contributed by atoms with E-state index in [0.717, 1.165) is 0 Å². The fourth-order valence-electron chi connectivity index (χ4n) is 1.47. The molecule has 0 unspecified atom stereocenters. The lowest BCUT2D eigenvalue weighted by molar-refractivity contribution is 0.00150. The second-order valence-electron chi connectivity index (χ2n) is 4.08. The summed E-state index contributed by atoms with van der Waals surface area (Å²) in [4.78, 5) is 7.05. The van der Waals surface area contributed by atoms with Crippen molar-refractivity contribution in [2.24, 2.45) is 5.73 Å². The maximum atomic E-state index is 13.4. The Bertz CT molecular complexity index is 706. The Morgan fingerprint density at radius 3 is 2.38 bits per heavy atom. The normalized spacial score (nSPS) is 10.9. The molecule has 0 aliphatic carbocycles. The van der Waals surface area contributed by atoms with Gasteiger partial charge in [0.05, 0.1) is 11.6 Å². The largest absolute Gasteiger partial charge is 0.325 e. The van der Waals surface area contributed by atoms with Gasteiger partial charge in [0.2, 0.25) is 5.95 Å². The van der Waals surface area contributed by atoms with E-state index in [-0.39, 0.29) is 5.02 Å². The van der Waals surface area contributed by atoms with Crippen LogP contribution in [0.15, 0.2) is 30.6 Å². The lowest BCUT2D eigenvalue weighted by Gasteiger charge is -2.14. The van der Waals surface area contributed by atoms with Gasteiger partial charge in [-0.2, -0.15) is 13.2 Å². The van der Waals surface area contributed by atoms with Crippen LogP contribution in [-0.4, -0.2) is 16.5 Å². The molecule has 0 saturated carbocycles. The number of aromatic nitrogens is 2. The minimum atomic E-state index is -3.29. The summed E-state index contributed by atoms with van der Waals surface area (Å²) in [6, 6.07) is 3.89. The van der Waals surface area contributed by atoms with Crippen LogP contribution in [-0.2, 0) is 5.92 Å². The summed E-state index contributed by atoms with van der Waals surface area (Å²) in [5, 5.41) is -0.213. The summed E-state index contributed by atoms with van der Waals surface area (Å²) in [5.74, 6) is 1.48. The van der Waals surface area contributed by atoms with Crippen LogP contribution in [0.4, 0.5) is 13.2 Å². The SMILES string of the molecule is NCC(F)(F)c1ncc(C#Cc2ccc(F)nc2)cc1Cl. The number of nitrogens with two attached hydrogens (primary N) is 1. The third-order valence-corrected chi connectivity index (χ3v) is 2.81. The molecule has 21 heavy (non-hydrogen) atoms. The monoisotopic (exact) mass is 311 g/mol. The minimum absolute atomic E-state index is 0.213. The molecule has 2 N–H and O–H groups in total. The van der Waals surface area contributed by atoms with Crippen molar-refractivity contribution >= 4 is 11.6 Å². The summed E-state index contributed by atoms with van der Waals surface area (Å²) in [7, 11) is 0. The van der Waals surface area contributed by atoms with Gasteiger partial charge in [-0.05, 0) is 18.2 Å². The van der Waals surface area contributed by atoms with Crippen LogP contribution in [0.5, 0.6) is 0 Å². The van der Waals surface area contributed by atoms with E-state index in [2.05, 4.69) is 21.8 Å². The third-order valence-electron chi connectivity index (χ3n) is 2.52. The van der Waals surface area contributed by atoms with E-state index >= 15 is 0 Å². The fraction of sp³-hybridized carbons (Fsp3) is 0.143. The van der Waals surface area contributed by atoms with E-state index in [4.69, 9.17) is 17.3 Å². The molecular weight excluding hydrogens is 303 g/mol. The molecular formula is C14H9ClF3N3. The summed E-state index contributed by atoms with van der Waals surface area (Å²) in [5.41, 5.74) is 5.22. The van der Waals surface area contributed by atoms with Crippen molar-refractivity contribution in [2.45, 2.75) is 5.92 Å². The maximum absolute atomic E-state index is 13.4. The molecule has 108 valence electrons. The highest BCUT2D eigenvalue weighted by atomic mass is 35.5. The zero-order valence-corrected chi connectivity index (χ0v) is 11.3. The van der Waals surface area contributed by atoms with Gasteiger partial charge >= 0.3 is 5.92 Å². The van der Waals surface area contributed by atoms with Gasteiger partial charge in [-0.25, -0.2) is 4.98 Å². The number of rotatable bonds is 2. The lowest BCUT2D eigenvalue weighted by atomic mass is 10.1. The first-order valence-electron chi connectivity index (χ1n) is 5.80. The van der Waals surface area contributed by atoms with E-state index in [1.807, 2.05) is 0 Å². The Balaban J connectivity index is 2.28. The van der Waals surface area contributed by atoms with Crippen molar-refractivity contribution < 1.29 is 13.2 Å². The number of alkyl halides is 2. The van der Waals surface area contributed by atoms with E-state index in [9.17, 15) is 13.2 Å². The van der Waals surface area contributed by atoms with E-state index in [1.54, 1.807) is 0 Å². The Morgan fingerprint density at radius 1 is 1.14 bits per heavy atom. The van der Waals surface area contributed by atoms with Gasteiger partial charge in [-0.1, -0.05) is 23.4 Å². The highest BCUT2D eigenvalue weighted by Crippen LogP contribution is 2.30. The van der Waals surface area contributed by atoms with Crippen molar-refractivity contribution in [1.29, 1.82) is 0 Å². The Kier molecular flexibility index (Phi) is 4.46. The number of hydrogen-bond acceptors (Lipinski definition) is 3.